The van der Waals surface area contributed by atoms with Gasteiger partial charge in [-0.05, 0) is 22.9 Å². The van der Waals surface area contributed by atoms with Gasteiger partial charge in [-0.1, -0.05) is 0 Å². The number of nitrogens with one attached hydrogen (secondary N) is 1. The minimum absolute atomic E-state index is 0.197. The second kappa shape index (κ2) is 6.53. The Morgan fingerprint density at radius 1 is 1.27 bits per heavy atom. The first-order valence-corrected chi connectivity index (χ1v) is 7.90. The highest BCUT2D eigenvalue weighted by molar-refractivity contribution is 9.10. The molecule has 3 rings (SSSR count). The largest absolute Gasteiger partial charge is 0.367 e. The molecular weight excluding hydrogens is 348 g/mol. The summed E-state index contributed by atoms with van der Waals surface area (Å²) in [6.07, 6.45) is 5.15. The van der Waals surface area contributed by atoms with Gasteiger partial charge >= 0.3 is 0 Å². The van der Waals surface area contributed by atoms with Gasteiger partial charge in [-0.25, -0.2) is 15.1 Å². The fraction of sp³-hybridized carbons (Fsp3) is 0.429. The van der Waals surface area contributed by atoms with Crippen LogP contribution in [0.1, 0.15) is 11.3 Å². The SMILES string of the molecule is Cc1ncncc1CN1CCN(c2cn[nH]c(=O)c2Br)CC1. The molecule has 0 unspecified atom stereocenters. The van der Waals surface area contributed by atoms with Crippen molar-refractivity contribution >= 4 is 21.6 Å². The second-order valence-corrected chi connectivity index (χ2v) is 6.09. The van der Waals surface area contributed by atoms with Crippen molar-refractivity contribution in [2.75, 3.05) is 31.1 Å². The molecule has 0 saturated carbocycles. The summed E-state index contributed by atoms with van der Waals surface area (Å²) in [6.45, 7) is 6.43. The molecule has 2 aromatic rings. The molecule has 0 atom stereocenters. The van der Waals surface area contributed by atoms with Crippen molar-refractivity contribution in [1.29, 1.82) is 0 Å². The van der Waals surface area contributed by atoms with E-state index >= 15 is 0 Å². The van der Waals surface area contributed by atoms with E-state index in [-0.39, 0.29) is 5.56 Å². The van der Waals surface area contributed by atoms with Crippen LogP contribution in [0.15, 0.2) is 28.0 Å². The lowest BCUT2D eigenvalue weighted by Gasteiger charge is -2.36. The number of H-pyrrole nitrogens is 1. The van der Waals surface area contributed by atoms with Crippen LogP contribution in [-0.4, -0.2) is 51.2 Å². The van der Waals surface area contributed by atoms with Crippen LogP contribution >= 0.6 is 15.9 Å². The van der Waals surface area contributed by atoms with Crippen LogP contribution in [0.25, 0.3) is 0 Å². The number of halogens is 1. The Morgan fingerprint density at radius 3 is 2.77 bits per heavy atom. The van der Waals surface area contributed by atoms with Crippen LogP contribution in [0.2, 0.25) is 0 Å². The topological polar surface area (TPSA) is 78.0 Å². The quantitative estimate of drug-likeness (QED) is 0.873. The number of hydrogen-bond acceptors (Lipinski definition) is 6. The Bertz CT molecular complexity index is 710. The van der Waals surface area contributed by atoms with Crippen LogP contribution in [0, 0.1) is 6.92 Å². The highest BCUT2D eigenvalue weighted by Crippen LogP contribution is 2.22. The van der Waals surface area contributed by atoms with Crippen molar-refractivity contribution in [3.05, 3.63) is 44.8 Å². The molecule has 0 spiro atoms. The Morgan fingerprint density at radius 2 is 2.05 bits per heavy atom. The third kappa shape index (κ3) is 3.17. The van der Waals surface area contributed by atoms with Crippen LogP contribution in [-0.2, 0) is 6.54 Å². The lowest BCUT2D eigenvalue weighted by molar-refractivity contribution is 0.248. The molecular formula is C14H17BrN6O. The van der Waals surface area contributed by atoms with Crippen molar-refractivity contribution in [1.82, 2.24) is 25.1 Å². The normalized spacial score (nSPS) is 16.0. The molecule has 8 heteroatoms. The van der Waals surface area contributed by atoms with Crippen molar-refractivity contribution in [2.24, 2.45) is 0 Å². The summed E-state index contributed by atoms with van der Waals surface area (Å²) in [5.74, 6) is 0. The fourth-order valence-corrected chi connectivity index (χ4v) is 3.00. The molecule has 1 N–H and O–H groups in total. The van der Waals surface area contributed by atoms with E-state index in [2.05, 4.69) is 45.9 Å². The molecule has 1 aliphatic rings. The summed E-state index contributed by atoms with van der Waals surface area (Å²) in [4.78, 5) is 24.5. The molecule has 7 nitrogen and oxygen atoms in total. The van der Waals surface area contributed by atoms with Crippen LogP contribution in [0.3, 0.4) is 0 Å². The first-order chi connectivity index (χ1) is 10.6. The number of piperazine rings is 1. The van der Waals surface area contributed by atoms with Gasteiger partial charge in [0.2, 0.25) is 0 Å². The summed E-state index contributed by atoms with van der Waals surface area (Å²) >= 11 is 3.34. The van der Waals surface area contributed by atoms with Gasteiger partial charge in [-0.3, -0.25) is 9.69 Å². The molecule has 3 heterocycles. The van der Waals surface area contributed by atoms with E-state index in [1.165, 1.54) is 0 Å². The zero-order valence-corrected chi connectivity index (χ0v) is 13.9. The van der Waals surface area contributed by atoms with E-state index in [1.54, 1.807) is 12.5 Å². The zero-order valence-electron chi connectivity index (χ0n) is 12.3. The molecule has 0 radical (unpaired) electrons. The number of aromatic nitrogens is 4. The summed E-state index contributed by atoms with van der Waals surface area (Å²) in [5.41, 5.74) is 2.84. The molecule has 116 valence electrons. The number of hydrogen-bond donors (Lipinski definition) is 1. The number of nitrogens with zero attached hydrogens (tertiary/aromatic N) is 5. The number of aromatic amines is 1. The second-order valence-electron chi connectivity index (χ2n) is 5.29. The molecule has 1 fully saturated rings. The van der Waals surface area contributed by atoms with E-state index in [0.29, 0.717) is 4.47 Å². The Balaban J connectivity index is 1.64. The summed E-state index contributed by atoms with van der Waals surface area (Å²) in [7, 11) is 0. The number of anilines is 1. The molecule has 1 saturated heterocycles. The molecule has 0 bridgehead atoms. The van der Waals surface area contributed by atoms with Crippen LogP contribution < -0.4 is 10.5 Å². The summed E-state index contributed by atoms with van der Waals surface area (Å²) < 4.78 is 0.545. The maximum atomic E-state index is 11.6. The van der Waals surface area contributed by atoms with Gasteiger partial charge in [0.15, 0.2) is 0 Å². The van der Waals surface area contributed by atoms with Gasteiger partial charge in [0.25, 0.3) is 5.56 Å². The van der Waals surface area contributed by atoms with E-state index < -0.39 is 0 Å². The molecule has 1 aliphatic heterocycles. The van der Waals surface area contributed by atoms with E-state index in [1.807, 2.05) is 13.1 Å². The van der Waals surface area contributed by atoms with E-state index in [4.69, 9.17) is 0 Å². The predicted octanol–water partition coefficient (Wildman–Crippen LogP) is 0.953. The van der Waals surface area contributed by atoms with Crippen molar-refractivity contribution in [3.8, 4) is 0 Å². The van der Waals surface area contributed by atoms with Gasteiger partial charge < -0.3 is 4.90 Å². The number of aryl methyl sites for hydroxylation is 1. The minimum Gasteiger partial charge on any atom is -0.367 e. The highest BCUT2D eigenvalue weighted by Gasteiger charge is 2.20. The first kappa shape index (κ1) is 15.1. The van der Waals surface area contributed by atoms with Crippen molar-refractivity contribution < 1.29 is 0 Å². The highest BCUT2D eigenvalue weighted by atomic mass is 79.9. The lowest BCUT2D eigenvalue weighted by Crippen LogP contribution is -2.46. The molecule has 0 amide bonds. The maximum absolute atomic E-state index is 11.6. The summed E-state index contributed by atoms with van der Waals surface area (Å²) in [5, 5.41) is 6.30. The monoisotopic (exact) mass is 364 g/mol. The predicted molar refractivity (Wildman–Crippen MR) is 86.8 cm³/mol. The third-order valence-electron chi connectivity index (χ3n) is 3.90. The van der Waals surface area contributed by atoms with Gasteiger partial charge in [0.05, 0.1) is 11.9 Å². The van der Waals surface area contributed by atoms with E-state index in [9.17, 15) is 4.79 Å². The Labute approximate surface area is 136 Å². The maximum Gasteiger partial charge on any atom is 0.280 e. The van der Waals surface area contributed by atoms with E-state index in [0.717, 1.165) is 49.7 Å². The van der Waals surface area contributed by atoms with Gasteiger partial charge in [0, 0.05) is 50.2 Å². The standard InChI is InChI=1S/C14H17BrN6O/c1-10-11(6-16-9-17-10)8-20-2-4-21(5-3-20)12-7-18-19-14(22)13(12)15/h6-7,9H,2-5,8H2,1H3,(H,19,22). The first-order valence-electron chi connectivity index (χ1n) is 7.11. The molecule has 2 aromatic heterocycles. The minimum atomic E-state index is -0.197. The Kier molecular flexibility index (Phi) is 4.49. The summed E-state index contributed by atoms with van der Waals surface area (Å²) in [6, 6.07) is 0. The van der Waals surface area contributed by atoms with Crippen molar-refractivity contribution in [2.45, 2.75) is 13.5 Å². The molecule has 22 heavy (non-hydrogen) atoms. The average molecular weight is 365 g/mol. The molecule has 0 aromatic carbocycles. The lowest BCUT2D eigenvalue weighted by atomic mass is 10.2. The van der Waals surface area contributed by atoms with Gasteiger partial charge in [0.1, 0.15) is 10.8 Å². The average Bonchev–Trinajstić information content (AvgIpc) is 2.53. The van der Waals surface area contributed by atoms with Gasteiger partial charge in [-0.15, -0.1) is 0 Å². The zero-order chi connectivity index (χ0) is 15.5. The number of rotatable bonds is 3. The van der Waals surface area contributed by atoms with Crippen molar-refractivity contribution in [3.63, 3.8) is 0 Å². The molecule has 0 aliphatic carbocycles. The van der Waals surface area contributed by atoms with Gasteiger partial charge in [-0.2, -0.15) is 5.10 Å². The smallest absolute Gasteiger partial charge is 0.280 e. The Hall–Kier alpha value is -1.80. The fourth-order valence-electron chi connectivity index (χ4n) is 2.56. The van der Waals surface area contributed by atoms with Crippen LogP contribution in [0.4, 0.5) is 5.69 Å². The van der Waals surface area contributed by atoms with Crippen LogP contribution in [0.5, 0.6) is 0 Å². The third-order valence-corrected chi connectivity index (χ3v) is 4.66.